The van der Waals surface area contributed by atoms with Gasteiger partial charge in [0.1, 0.15) is 5.69 Å². The van der Waals surface area contributed by atoms with Crippen molar-refractivity contribution < 1.29 is 22.8 Å². The van der Waals surface area contributed by atoms with Crippen molar-refractivity contribution in [1.29, 1.82) is 0 Å². The van der Waals surface area contributed by atoms with Crippen LogP contribution in [0.15, 0.2) is 22.7 Å². The lowest BCUT2D eigenvalue weighted by Gasteiger charge is -2.14. The molecule has 0 bridgehead atoms. The van der Waals surface area contributed by atoms with Crippen molar-refractivity contribution in [3.8, 4) is 0 Å². The van der Waals surface area contributed by atoms with Gasteiger partial charge in [0.25, 0.3) is 11.8 Å². The van der Waals surface area contributed by atoms with Gasteiger partial charge in [0, 0.05) is 17.6 Å². The number of amides is 2. The lowest BCUT2D eigenvalue weighted by molar-refractivity contribution is -0.141. The molecule has 2 aromatic rings. The van der Waals surface area contributed by atoms with E-state index in [0.717, 1.165) is 10.7 Å². The van der Waals surface area contributed by atoms with Gasteiger partial charge in [-0.25, -0.2) is 0 Å². The number of nitrogens with zero attached hydrogens (tertiary/aromatic N) is 2. The molecular weight excluding hydrogens is 429 g/mol. The highest BCUT2D eigenvalue weighted by Crippen LogP contribution is 2.38. The largest absolute Gasteiger partial charge is 0.435 e. The average Bonchev–Trinajstić information content (AvgIpc) is 3.32. The van der Waals surface area contributed by atoms with Crippen molar-refractivity contribution in [1.82, 2.24) is 15.1 Å². The molecule has 1 heterocycles. The van der Waals surface area contributed by atoms with E-state index in [1.807, 2.05) is 0 Å². The molecule has 2 amide bonds. The molecule has 2 N–H and O–H groups in total. The summed E-state index contributed by atoms with van der Waals surface area (Å²) >= 11 is 3.29. The van der Waals surface area contributed by atoms with E-state index in [1.54, 1.807) is 13.0 Å². The summed E-state index contributed by atoms with van der Waals surface area (Å²) in [4.78, 5) is 24.9. The van der Waals surface area contributed by atoms with E-state index >= 15 is 0 Å². The first-order valence-electron chi connectivity index (χ1n) is 8.12. The molecule has 6 nitrogen and oxygen atoms in total. The van der Waals surface area contributed by atoms with Gasteiger partial charge in [-0.1, -0.05) is 15.9 Å². The SMILES string of the molecule is CNC(=O)c1cc(Br)cc(C)c1NC(=O)c1cc(C(F)(F)F)nn1C1CC1. The second kappa shape index (κ2) is 6.99. The van der Waals surface area contributed by atoms with Crippen LogP contribution in [-0.4, -0.2) is 28.6 Å². The maximum atomic E-state index is 13.0. The van der Waals surface area contributed by atoms with Crippen LogP contribution in [0.2, 0.25) is 0 Å². The van der Waals surface area contributed by atoms with Gasteiger partial charge in [-0.3, -0.25) is 14.3 Å². The van der Waals surface area contributed by atoms with Crippen molar-refractivity contribution in [2.45, 2.75) is 32.0 Å². The molecule has 0 atom stereocenters. The maximum absolute atomic E-state index is 13.0. The number of rotatable bonds is 4. The van der Waals surface area contributed by atoms with Crippen molar-refractivity contribution in [2.75, 3.05) is 12.4 Å². The van der Waals surface area contributed by atoms with E-state index < -0.39 is 23.7 Å². The molecule has 1 fully saturated rings. The minimum atomic E-state index is -4.64. The highest BCUT2D eigenvalue weighted by Gasteiger charge is 2.38. The Hall–Kier alpha value is -2.36. The van der Waals surface area contributed by atoms with E-state index in [-0.39, 0.29) is 23.0 Å². The smallest absolute Gasteiger partial charge is 0.355 e. The number of alkyl halides is 3. The zero-order chi connectivity index (χ0) is 19.9. The summed E-state index contributed by atoms with van der Waals surface area (Å²) in [6.07, 6.45) is -3.31. The minimum Gasteiger partial charge on any atom is -0.355 e. The number of benzene rings is 1. The summed E-state index contributed by atoms with van der Waals surface area (Å²) in [6, 6.07) is 3.75. The predicted molar refractivity (Wildman–Crippen MR) is 95.7 cm³/mol. The molecule has 1 aliphatic rings. The number of hydrogen-bond donors (Lipinski definition) is 2. The number of halogens is 4. The molecule has 144 valence electrons. The van der Waals surface area contributed by atoms with Gasteiger partial charge >= 0.3 is 6.18 Å². The van der Waals surface area contributed by atoms with Crippen LogP contribution in [0.25, 0.3) is 0 Å². The lowest BCUT2D eigenvalue weighted by atomic mass is 10.1. The number of carbonyl (C=O) groups excluding carboxylic acids is 2. The monoisotopic (exact) mass is 444 g/mol. The number of aryl methyl sites for hydroxylation is 1. The van der Waals surface area contributed by atoms with Gasteiger partial charge < -0.3 is 10.6 Å². The highest BCUT2D eigenvalue weighted by atomic mass is 79.9. The normalized spacial score (nSPS) is 14.1. The van der Waals surface area contributed by atoms with E-state index in [0.29, 0.717) is 22.9 Å². The zero-order valence-electron chi connectivity index (χ0n) is 14.4. The molecule has 3 rings (SSSR count). The molecular formula is C17H16BrF3N4O2. The van der Waals surface area contributed by atoms with Crippen LogP contribution in [0, 0.1) is 6.92 Å². The van der Waals surface area contributed by atoms with Crippen LogP contribution < -0.4 is 10.6 Å². The third kappa shape index (κ3) is 4.00. The standard InChI is InChI=1S/C17H16BrF3N4O2/c1-8-5-9(18)6-11(15(26)22-2)14(8)23-16(27)12-7-13(17(19,20)21)24-25(12)10-3-4-10/h5-7,10H,3-4H2,1-2H3,(H,22,26)(H,23,27). The Bertz CT molecular complexity index is 920. The van der Waals surface area contributed by atoms with Crippen molar-refractivity contribution >= 4 is 33.4 Å². The quantitative estimate of drug-likeness (QED) is 0.750. The first kappa shape index (κ1) is 19.4. The second-order valence-corrected chi connectivity index (χ2v) is 7.18. The van der Waals surface area contributed by atoms with Crippen molar-refractivity contribution in [3.05, 3.63) is 45.2 Å². The highest BCUT2D eigenvalue weighted by molar-refractivity contribution is 9.10. The van der Waals surface area contributed by atoms with Crippen molar-refractivity contribution in [2.24, 2.45) is 0 Å². The van der Waals surface area contributed by atoms with Gasteiger partial charge in [0.15, 0.2) is 5.69 Å². The number of hydrogen-bond acceptors (Lipinski definition) is 3. The van der Waals surface area contributed by atoms with E-state index in [2.05, 4.69) is 31.7 Å². The summed E-state index contributed by atoms with van der Waals surface area (Å²) in [5.74, 6) is -1.18. The topological polar surface area (TPSA) is 76.0 Å². The van der Waals surface area contributed by atoms with Crippen LogP contribution in [-0.2, 0) is 6.18 Å². The Balaban J connectivity index is 1.99. The molecule has 0 saturated heterocycles. The van der Waals surface area contributed by atoms with Gasteiger partial charge in [0.05, 0.1) is 17.3 Å². The molecule has 0 spiro atoms. The van der Waals surface area contributed by atoms with Gasteiger partial charge in [-0.15, -0.1) is 0 Å². The second-order valence-electron chi connectivity index (χ2n) is 6.27. The van der Waals surface area contributed by atoms with Crippen LogP contribution in [0.5, 0.6) is 0 Å². The molecule has 0 unspecified atom stereocenters. The molecule has 1 aliphatic carbocycles. The fourth-order valence-electron chi connectivity index (χ4n) is 2.70. The summed E-state index contributed by atoms with van der Waals surface area (Å²) < 4.78 is 40.8. The first-order valence-corrected chi connectivity index (χ1v) is 8.91. The number of carbonyl (C=O) groups is 2. The number of anilines is 1. The number of nitrogens with one attached hydrogen (secondary N) is 2. The van der Waals surface area contributed by atoms with Crippen molar-refractivity contribution in [3.63, 3.8) is 0 Å². The zero-order valence-corrected chi connectivity index (χ0v) is 16.0. The van der Waals surface area contributed by atoms with Gasteiger partial charge in [0.2, 0.25) is 0 Å². The van der Waals surface area contributed by atoms with Crippen LogP contribution in [0.1, 0.15) is 51.0 Å². The fraction of sp³-hybridized carbons (Fsp3) is 0.353. The Labute approximate surface area is 161 Å². The minimum absolute atomic E-state index is 0.185. The predicted octanol–water partition coefficient (Wildman–Crippen LogP) is 3.92. The third-order valence-corrected chi connectivity index (χ3v) is 4.62. The first-order chi connectivity index (χ1) is 12.6. The lowest BCUT2D eigenvalue weighted by Crippen LogP contribution is -2.23. The number of aromatic nitrogens is 2. The van der Waals surface area contributed by atoms with Gasteiger partial charge in [-0.05, 0) is 37.5 Å². The average molecular weight is 445 g/mol. The van der Waals surface area contributed by atoms with Gasteiger partial charge in [-0.2, -0.15) is 18.3 Å². The maximum Gasteiger partial charge on any atom is 0.435 e. The summed E-state index contributed by atoms with van der Waals surface area (Å²) in [7, 11) is 1.45. The molecule has 0 radical (unpaired) electrons. The summed E-state index contributed by atoms with van der Waals surface area (Å²) in [6.45, 7) is 1.69. The Morgan fingerprint density at radius 2 is 1.89 bits per heavy atom. The van der Waals surface area contributed by atoms with E-state index in [9.17, 15) is 22.8 Å². The molecule has 1 aromatic carbocycles. The molecule has 0 aliphatic heterocycles. The summed E-state index contributed by atoms with van der Waals surface area (Å²) in [5.41, 5.74) is -0.274. The summed E-state index contributed by atoms with van der Waals surface area (Å²) in [5, 5.41) is 8.61. The van der Waals surface area contributed by atoms with E-state index in [1.165, 1.54) is 13.1 Å². The third-order valence-electron chi connectivity index (χ3n) is 4.16. The fourth-order valence-corrected chi connectivity index (χ4v) is 3.27. The van der Waals surface area contributed by atoms with Crippen LogP contribution in [0.3, 0.4) is 0 Å². The van der Waals surface area contributed by atoms with E-state index in [4.69, 9.17) is 0 Å². The molecule has 1 saturated carbocycles. The molecule has 1 aromatic heterocycles. The molecule has 27 heavy (non-hydrogen) atoms. The Morgan fingerprint density at radius 3 is 2.44 bits per heavy atom. The van der Waals surface area contributed by atoms with Crippen LogP contribution in [0.4, 0.5) is 18.9 Å². The Kier molecular flexibility index (Phi) is 5.02. The molecule has 10 heteroatoms. The van der Waals surface area contributed by atoms with Crippen LogP contribution >= 0.6 is 15.9 Å². The Morgan fingerprint density at radius 1 is 1.22 bits per heavy atom.